The van der Waals surface area contributed by atoms with Crippen molar-refractivity contribution in [1.82, 2.24) is 9.88 Å². The molecule has 1 aromatic carbocycles. The minimum absolute atomic E-state index is 0.00488. The van der Waals surface area contributed by atoms with E-state index in [0.717, 1.165) is 22.2 Å². The molecule has 0 unspecified atom stereocenters. The van der Waals surface area contributed by atoms with Gasteiger partial charge in [0, 0.05) is 16.6 Å². The maximum Gasteiger partial charge on any atom is 0.256 e. The summed E-state index contributed by atoms with van der Waals surface area (Å²) in [4.78, 5) is 17.6. The molecule has 2 N–H and O–H groups in total. The van der Waals surface area contributed by atoms with E-state index in [1.807, 2.05) is 45.0 Å². The fourth-order valence-corrected chi connectivity index (χ4v) is 2.83. The predicted octanol–water partition coefficient (Wildman–Crippen LogP) is 2.32. The minimum atomic E-state index is -0.727. The molecule has 1 fully saturated rings. The number of H-pyrrole nitrogens is 1. The van der Waals surface area contributed by atoms with E-state index in [1.165, 1.54) is 0 Å². The van der Waals surface area contributed by atoms with Crippen LogP contribution in [0, 0.1) is 12.8 Å². The normalized spacial score (nSPS) is 17.6. The number of β-amino-alcohol motifs (C(OH)–C–C–N with tert-alkyl or cyclic N) is 1. The summed E-state index contributed by atoms with van der Waals surface area (Å²) < 4.78 is 0. The number of aromatic nitrogens is 1. The molecular weight excluding hydrogens is 252 g/mol. The molecule has 106 valence electrons. The smallest absolute Gasteiger partial charge is 0.256 e. The van der Waals surface area contributed by atoms with E-state index in [9.17, 15) is 9.90 Å². The number of hydrogen-bond donors (Lipinski definition) is 2. The Morgan fingerprint density at radius 2 is 2.00 bits per heavy atom. The Balaban J connectivity index is 1.90. The number of carbonyl (C=O) groups is 1. The van der Waals surface area contributed by atoms with Crippen molar-refractivity contribution in [1.29, 1.82) is 0 Å². The van der Waals surface area contributed by atoms with Crippen molar-refractivity contribution in [2.45, 2.75) is 26.4 Å². The van der Waals surface area contributed by atoms with Gasteiger partial charge in [-0.05, 0) is 18.9 Å². The number of para-hydroxylation sites is 1. The molecule has 1 aliphatic rings. The van der Waals surface area contributed by atoms with Crippen LogP contribution in [0.1, 0.15) is 29.9 Å². The number of aryl methyl sites for hydroxylation is 1. The van der Waals surface area contributed by atoms with Gasteiger partial charge in [0.25, 0.3) is 5.91 Å². The van der Waals surface area contributed by atoms with Gasteiger partial charge in [-0.2, -0.15) is 0 Å². The molecule has 4 heteroatoms. The van der Waals surface area contributed by atoms with E-state index in [4.69, 9.17) is 0 Å². The average molecular weight is 272 g/mol. The molecule has 1 aromatic heterocycles. The van der Waals surface area contributed by atoms with Crippen LogP contribution >= 0.6 is 0 Å². The van der Waals surface area contributed by atoms with Crippen LogP contribution in [0.5, 0.6) is 0 Å². The topological polar surface area (TPSA) is 56.3 Å². The number of likely N-dealkylation sites (tertiary alicyclic amines) is 1. The van der Waals surface area contributed by atoms with Crippen LogP contribution in [0.4, 0.5) is 0 Å². The van der Waals surface area contributed by atoms with Crippen molar-refractivity contribution in [3.05, 3.63) is 35.5 Å². The predicted molar refractivity (Wildman–Crippen MR) is 78.7 cm³/mol. The first kappa shape index (κ1) is 13.2. The number of fused-ring (bicyclic) bond motifs is 1. The van der Waals surface area contributed by atoms with Gasteiger partial charge >= 0.3 is 0 Å². The highest BCUT2D eigenvalue weighted by Gasteiger charge is 2.46. The van der Waals surface area contributed by atoms with E-state index in [0.29, 0.717) is 13.1 Å². The van der Waals surface area contributed by atoms with E-state index in [1.54, 1.807) is 4.90 Å². The molecule has 4 nitrogen and oxygen atoms in total. The maximum atomic E-state index is 12.6. The zero-order valence-electron chi connectivity index (χ0n) is 12.1. The lowest BCUT2D eigenvalue weighted by Crippen LogP contribution is -2.66. The molecule has 0 bridgehead atoms. The summed E-state index contributed by atoms with van der Waals surface area (Å²) in [6.45, 7) is 6.73. The van der Waals surface area contributed by atoms with Crippen LogP contribution in [0.3, 0.4) is 0 Å². The Morgan fingerprint density at radius 1 is 1.35 bits per heavy atom. The Kier molecular flexibility index (Phi) is 2.87. The third-order valence-corrected chi connectivity index (χ3v) is 4.40. The van der Waals surface area contributed by atoms with Crippen LogP contribution in [0.25, 0.3) is 10.9 Å². The number of nitrogens with zero attached hydrogens (tertiary/aromatic N) is 1. The van der Waals surface area contributed by atoms with Crippen molar-refractivity contribution < 1.29 is 9.90 Å². The fourth-order valence-electron chi connectivity index (χ4n) is 2.83. The second kappa shape index (κ2) is 4.35. The highest BCUT2D eigenvalue weighted by atomic mass is 16.3. The summed E-state index contributed by atoms with van der Waals surface area (Å²) in [6.07, 6.45) is 0. The first-order chi connectivity index (χ1) is 9.42. The monoisotopic (exact) mass is 272 g/mol. The standard InChI is InChI=1S/C16H20N2O2/c1-10(2)16(20)8-18(9-16)15(19)14-11(3)17-13-7-5-4-6-12(13)14/h4-7,10,17,20H,8-9H2,1-3H3. The molecule has 3 rings (SSSR count). The lowest BCUT2D eigenvalue weighted by atomic mass is 9.82. The van der Waals surface area contributed by atoms with E-state index >= 15 is 0 Å². The molecule has 0 aliphatic carbocycles. The molecule has 2 aromatic rings. The Morgan fingerprint density at radius 3 is 2.65 bits per heavy atom. The lowest BCUT2D eigenvalue weighted by Gasteiger charge is -2.49. The van der Waals surface area contributed by atoms with E-state index in [2.05, 4.69) is 4.98 Å². The molecule has 0 spiro atoms. The van der Waals surface area contributed by atoms with E-state index in [-0.39, 0.29) is 11.8 Å². The number of benzene rings is 1. The summed E-state index contributed by atoms with van der Waals surface area (Å²) >= 11 is 0. The third-order valence-electron chi connectivity index (χ3n) is 4.40. The van der Waals surface area contributed by atoms with Gasteiger partial charge in [0.2, 0.25) is 0 Å². The SMILES string of the molecule is Cc1[nH]c2ccccc2c1C(=O)N1CC(O)(C(C)C)C1. The van der Waals surface area contributed by atoms with Gasteiger partial charge in [-0.3, -0.25) is 4.79 Å². The fraction of sp³-hybridized carbons (Fsp3) is 0.438. The Hall–Kier alpha value is -1.81. The molecule has 20 heavy (non-hydrogen) atoms. The second-order valence-electron chi connectivity index (χ2n) is 6.09. The summed E-state index contributed by atoms with van der Waals surface area (Å²) in [7, 11) is 0. The van der Waals surface area contributed by atoms with Crippen molar-refractivity contribution in [2.75, 3.05) is 13.1 Å². The van der Waals surface area contributed by atoms with Gasteiger partial charge in [-0.15, -0.1) is 0 Å². The molecule has 2 heterocycles. The van der Waals surface area contributed by atoms with E-state index < -0.39 is 5.60 Å². The zero-order chi connectivity index (χ0) is 14.5. The van der Waals surface area contributed by atoms with Gasteiger partial charge < -0.3 is 15.0 Å². The van der Waals surface area contributed by atoms with Gasteiger partial charge in [-0.25, -0.2) is 0 Å². The number of aliphatic hydroxyl groups is 1. The largest absolute Gasteiger partial charge is 0.386 e. The first-order valence-electron chi connectivity index (χ1n) is 7.01. The quantitative estimate of drug-likeness (QED) is 0.881. The van der Waals surface area contributed by atoms with Crippen LogP contribution in [-0.2, 0) is 0 Å². The number of nitrogens with one attached hydrogen (secondary N) is 1. The average Bonchev–Trinajstić information content (AvgIpc) is 2.69. The van der Waals surface area contributed by atoms with Crippen molar-refractivity contribution in [3.8, 4) is 0 Å². The van der Waals surface area contributed by atoms with Crippen LogP contribution < -0.4 is 0 Å². The van der Waals surface area contributed by atoms with Crippen LogP contribution in [-0.4, -0.2) is 39.6 Å². The van der Waals surface area contributed by atoms with Gasteiger partial charge in [-0.1, -0.05) is 32.0 Å². The molecular formula is C16H20N2O2. The van der Waals surface area contributed by atoms with Crippen LogP contribution in [0.2, 0.25) is 0 Å². The Labute approximate surface area is 118 Å². The number of amides is 1. The molecule has 1 saturated heterocycles. The van der Waals surface area contributed by atoms with Gasteiger partial charge in [0.1, 0.15) is 5.60 Å². The lowest BCUT2D eigenvalue weighted by molar-refractivity contribution is -0.110. The minimum Gasteiger partial charge on any atom is -0.386 e. The van der Waals surface area contributed by atoms with Gasteiger partial charge in [0.15, 0.2) is 0 Å². The number of aromatic amines is 1. The number of hydrogen-bond acceptors (Lipinski definition) is 2. The van der Waals surface area contributed by atoms with Gasteiger partial charge in [0.05, 0.1) is 18.7 Å². The molecule has 1 amide bonds. The molecule has 1 aliphatic heterocycles. The molecule has 0 radical (unpaired) electrons. The van der Waals surface area contributed by atoms with Crippen molar-refractivity contribution >= 4 is 16.8 Å². The molecule has 0 saturated carbocycles. The van der Waals surface area contributed by atoms with Crippen molar-refractivity contribution in [3.63, 3.8) is 0 Å². The zero-order valence-corrected chi connectivity index (χ0v) is 12.1. The third kappa shape index (κ3) is 1.83. The summed E-state index contributed by atoms with van der Waals surface area (Å²) in [6, 6.07) is 7.82. The summed E-state index contributed by atoms with van der Waals surface area (Å²) in [5, 5.41) is 11.2. The van der Waals surface area contributed by atoms with Crippen LogP contribution in [0.15, 0.2) is 24.3 Å². The Bertz CT molecular complexity index is 666. The summed E-state index contributed by atoms with van der Waals surface area (Å²) in [5.41, 5.74) is 1.87. The second-order valence-corrected chi connectivity index (χ2v) is 6.09. The maximum absolute atomic E-state index is 12.6. The molecule has 0 atom stereocenters. The highest BCUT2D eigenvalue weighted by molar-refractivity contribution is 6.08. The number of carbonyl (C=O) groups excluding carboxylic acids is 1. The summed E-state index contributed by atoms with van der Waals surface area (Å²) in [5.74, 6) is 0.167. The first-order valence-corrected chi connectivity index (χ1v) is 7.01. The number of rotatable bonds is 2. The van der Waals surface area contributed by atoms with Crippen molar-refractivity contribution in [2.24, 2.45) is 5.92 Å². The highest BCUT2D eigenvalue weighted by Crippen LogP contribution is 2.32.